The fourth-order valence-corrected chi connectivity index (χ4v) is 3.74. The van der Waals surface area contributed by atoms with Crippen molar-refractivity contribution in [3.8, 4) is 0 Å². The molecule has 20 heavy (non-hydrogen) atoms. The number of rotatable bonds is 7. The molecule has 0 bridgehead atoms. The van der Waals surface area contributed by atoms with Gasteiger partial charge in [-0.2, -0.15) is 0 Å². The molecule has 1 aliphatic rings. The highest BCUT2D eigenvalue weighted by molar-refractivity contribution is 7.89. The van der Waals surface area contributed by atoms with Gasteiger partial charge >= 0.3 is 0 Å². The second-order valence-corrected chi connectivity index (χ2v) is 7.42. The van der Waals surface area contributed by atoms with Crippen molar-refractivity contribution < 1.29 is 8.42 Å². The molecule has 112 valence electrons. The minimum absolute atomic E-state index is 0.159. The van der Waals surface area contributed by atoms with Crippen LogP contribution in [0.3, 0.4) is 0 Å². The summed E-state index contributed by atoms with van der Waals surface area (Å²) < 4.78 is 25.5. The highest BCUT2D eigenvalue weighted by atomic mass is 32.2. The Hall–Kier alpha value is -0.910. The summed E-state index contributed by atoms with van der Waals surface area (Å²) in [5.74, 6) is 0.783. The van der Waals surface area contributed by atoms with Crippen molar-refractivity contribution in [2.45, 2.75) is 38.6 Å². The fourth-order valence-electron chi connectivity index (χ4n) is 2.77. The van der Waals surface area contributed by atoms with Gasteiger partial charge in [0.2, 0.25) is 10.0 Å². The first-order valence-electron chi connectivity index (χ1n) is 7.28. The molecule has 0 saturated heterocycles. The number of nitrogens with one attached hydrogen (secondary N) is 2. The molecule has 0 aliphatic heterocycles. The van der Waals surface area contributed by atoms with E-state index in [0.717, 1.165) is 12.8 Å². The summed E-state index contributed by atoms with van der Waals surface area (Å²) in [4.78, 5) is 0. The van der Waals surface area contributed by atoms with Gasteiger partial charge in [0.05, 0.1) is 5.75 Å². The van der Waals surface area contributed by atoms with Crippen molar-refractivity contribution in [1.29, 1.82) is 0 Å². The predicted molar refractivity (Wildman–Crippen MR) is 82.4 cm³/mol. The zero-order valence-corrected chi connectivity index (χ0v) is 13.0. The second kappa shape index (κ2) is 6.70. The van der Waals surface area contributed by atoms with E-state index in [1.54, 1.807) is 6.92 Å². The van der Waals surface area contributed by atoms with Crippen molar-refractivity contribution >= 4 is 10.0 Å². The molecule has 4 nitrogen and oxygen atoms in total. The molecule has 5 heteroatoms. The van der Waals surface area contributed by atoms with E-state index < -0.39 is 10.0 Å². The minimum atomic E-state index is -3.10. The van der Waals surface area contributed by atoms with E-state index >= 15 is 0 Å². The number of hydrogen-bond donors (Lipinski definition) is 2. The first-order chi connectivity index (χ1) is 9.52. The Morgan fingerprint density at radius 2 is 1.95 bits per heavy atom. The molecular formula is C15H24N2O2S. The topological polar surface area (TPSA) is 58.2 Å². The largest absolute Gasteiger partial charge is 0.313 e. The maximum Gasteiger partial charge on any atom is 0.212 e. The van der Waals surface area contributed by atoms with Gasteiger partial charge in [-0.15, -0.1) is 0 Å². The third kappa shape index (κ3) is 4.04. The van der Waals surface area contributed by atoms with Crippen LogP contribution in [0.25, 0.3) is 0 Å². The Bertz CT molecular complexity index is 537. The molecule has 1 aromatic carbocycles. The van der Waals surface area contributed by atoms with Crippen LogP contribution < -0.4 is 10.0 Å². The second-order valence-electron chi connectivity index (χ2n) is 5.49. The van der Waals surface area contributed by atoms with Crippen molar-refractivity contribution in [2.75, 3.05) is 18.8 Å². The monoisotopic (exact) mass is 296 g/mol. The lowest BCUT2D eigenvalue weighted by atomic mass is 9.74. The highest BCUT2D eigenvalue weighted by Gasteiger charge is 2.30. The number of aryl methyl sites for hydroxylation is 1. The van der Waals surface area contributed by atoms with Gasteiger partial charge in [-0.05, 0) is 36.8 Å². The molecule has 0 amide bonds. The Morgan fingerprint density at radius 1 is 1.25 bits per heavy atom. The molecule has 1 fully saturated rings. The maximum atomic E-state index is 11.5. The lowest BCUT2D eigenvalue weighted by Gasteiger charge is -2.37. The van der Waals surface area contributed by atoms with Gasteiger partial charge in [0, 0.05) is 19.1 Å². The van der Waals surface area contributed by atoms with E-state index in [9.17, 15) is 8.42 Å². The molecule has 0 spiro atoms. The number of hydrogen-bond acceptors (Lipinski definition) is 3. The summed E-state index contributed by atoms with van der Waals surface area (Å²) in [7, 11) is -3.10. The van der Waals surface area contributed by atoms with Crippen LogP contribution in [0.15, 0.2) is 24.3 Å². The highest BCUT2D eigenvalue weighted by Crippen LogP contribution is 2.38. The SMILES string of the molecule is CCNS(=O)(=O)CCNC1CC(c2ccccc2C)C1. The predicted octanol–water partition coefficient (Wildman–Crippen LogP) is 1.77. The van der Waals surface area contributed by atoms with Crippen LogP contribution in [-0.4, -0.2) is 33.3 Å². The molecule has 0 atom stereocenters. The molecular weight excluding hydrogens is 272 g/mol. The Kier molecular flexibility index (Phi) is 5.18. The maximum absolute atomic E-state index is 11.5. The summed E-state index contributed by atoms with van der Waals surface area (Å²) in [6.07, 6.45) is 2.21. The fraction of sp³-hybridized carbons (Fsp3) is 0.600. The van der Waals surface area contributed by atoms with Crippen LogP contribution in [0.4, 0.5) is 0 Å². The lowest BCUT2D eigenvalue weighted by molar-refractivity contribution is 0.295. The van der Waals surface area contributed by atoms with Gasteiger partial charge in [-0.3, -0.25) is 0 Å². The summed E-state index contributed by atoms with van der Waals surface area (Å²) in [5.41, 5.74) is 2.79. The first kappa shape index (κ1) is 15.5. The summed E-state index contributed by atoms with van der Waals surface area (Å²) in [5, 5.41) is 3.33. The van der Waals surface area contributed by atoms with Crippen molar-refractivity contribution in [2.24, 2.45) is 0 Å². The summed E-state index contributed by atoms with van der Waals surface area (Å²) >= 11 is 0. The number of sulfonamides is 1. The smallest absolute Gasteiger partial charge is 0.212 e. The minimum Gasteiger partial charge on any atom is -0.313 e. The third-order valence-electron chi connectivity index (χ3n) is 3.93. The number of benzene rings is 1. The van der Waals surface area contributed by atoms with Crippen molar-refractivity contribution in [3.63, 3.8) is 0 Å². The van der Waals surface area contributed by atoms with Crippen LogP contribution in [-0.2, 0) is 10.0 Å². The van der Waals surface area contributed by atoms with Crippen LogP contribution in [0.1, 0.15) is 36.8 Å². The van der Waals surface area contributed by atoms with Gasteiger partial charge in [0.1, 0.15) is 0 Å². The molecule has 2 rings (SSSR count). The van der Waals surface area contributed by atoms with Crippen LogP contribution in [0, 0.1) is 6.92 Å². The van der Waals surface area contributed by atoms with E-state index in [-0.39, 0.29) is 5.75 Å². The van der Waals surface area contributed by atoms with Crippen LogP contribution in [0.2, 0.25) is 0 Å². The van der Waals surface area contributed by atoms with Crippen molar-refractivity contribution in [3.05, 3.63) is 35.4 Å². The standard InChI is InChI=1S/C15H24N2O2S/c1-3-17-20(18,19)9-8-16-14-10-13(11-14)15-7-5-4-6-12(15)2/h4-7,13-14,16-17H,3,8-11H2,1-2H3. The van der Waals surface area contributed by atoms with E-state index in [4.69, 9.17) is 0 Å². The van der Waals surface area contributed by atoms with Crippen LogP contribution >= 0.6 is 0 Å². The zero-order chi connectivity index (χ0) is 14.6. The van der Waals surface area contributed by atoms with Gasteiger partial charge in [0.15, 0.2) is 0 Å². The van der Waals surface area contributed by atoms with E-state index in [2.05, 4.69) is 41.2 Å². The molecule has 0 aromatic heterocycles. The van der Waals surface area contributed by atoms with Gasteiger partial charge in [0.25, 0.3) is 0 Å². The van der Waals surface area contributed by atoms with Gasteiger partial charge in [-0.25, -0.2) is 13.1 Å². The lowest BCUT2D eigenvalue weighted by Crippen LogP contribution is -2.43. The van der Waals surface area contributed by atoms with Crippen LogP contribution in [0.5, 0.6) is 0 Å². The third-order valence-corrected chi connectivity index (χ3v) is 5.40. The average Bonchev–Trinajstić information content (AvgIpc) is 2.33. The molecule has 0 radical (unpaired) electrons. The summed E-state index contributed by atoms with van der Waals surface area (Å²) in [6.45, 7) is 4.93. The Morgan fingerprint density at radius 3 is 2.60 bits per heavy atom. The quantitative estimate of drug-likeness (QED) is 0.806. The molecule has 1 aliphatic carbocycles. The van der Waals surface area contributed by atoms with Gasteiger partial charge < -0.3 is 5.32 Å². The zero-order valence-electron chi connectivity index (χ0n) is 12.2. The molecule has 1 aromatic rings. The van der Waals surface area contributed by atoms with E-state index in [1.807, 2.05) is 0 Å². The summed E-state index contributed by atoms with van der Waals surface area (Å²) in [6, 6.07) is 8.96. The van der Waals surface area contributed by atoms with E-state index in [0.29, 0.717) is 25.0 Å². The first-order valence-corrected chi connectivity index (χ1v) is 8.93. The molecule has 0 unspecified atom stereocenters. The van der Waals surface area contributed by atoms with Crippen molar-refractivity contribution in [1.82, 2.24) is 10.0 Å². The molecule has 1 saturated carbocycles. The normalized spacial score (nSPS) is 22.5. The van der Waals surface area contributed by atoms with E-state index in [1.165, 1.54) is 11.1 Å². The Balaban J connectivity index is 1.71. The average molecular weight is 296 g/mol. The Labute approximate surface area is 122 Å². The van der Waals surface area contributed by atoms with Gasteiger partial charge in [-0.1, -0.05) is 31.2 Å². The molecule has 2 N–H and O–H groups in total. The molecule has 0 heterocycles.